The number of hydrogen-bond acceptors (Lipinski definition) is 9. The molecule has 0 bridgehead atoms. The number of anilines is 1. The van der Waals surface area contributed by atoms with Crippen LogP contribution in [0, 0.1) is 0 Å². The molecule has 188 valence electrons. The van der Waals surface area contributed by atoms with Gasteiger partial charge in [-0.1, -0.05) is 6.07 Å². The zero-order valence-corrected chi connectivity index (χ0v) is 18.9. The van der Waals surface area contributed by atoms with Gasteiger partial charge in [-0.25, -0.2) is 15.0 Å². The third kappa shape index (κ3) is 5.66. The highest BCUT2D eigenvalue weighted by Gasteiger charge is 2.44. The first kappa shape index (κ1) is 24.8. The molecular weight excluding hydrogens is 469 g/mol. The molecule has 3 aromatic rings. The number of alkyl halides is 3. The van der Waals surface area contributed by atoms with Gasteiger partial charge in [-0.3, -0.25) is 14.7 Å². The Labute approximate surface area is 198 Å². The van der Waals surface area contributed by atoms with E-state index in [9.17, 15) is 28.2 Å². The maximum absolute atomic E-state index is 12.8. The smallest absolute Gasteiger partial charge is 0.389 e. The number of carbonyl (C=O) groups excluding carboxylic acids is 1. The number of aromatic nitrogens is 5. The number of likely N-dealkylation sites (N-methyl/N-ethyl adjacent to an activating group) is 1. The summed E-state index contributed by atoms with van der Waals surface area (Å²) in [5.41, 5.74) is -1.01. The van der Waals surface area contributed by atoms with Crippen molar-refractivity contribution in [2.45, 2.75) is 24.4 Å². The Hall–Kier alpha value is -3.36. The van der Waals surface area contributed by atoms with Crippen LogP contribution in [0.15, 0.2) is 37.1 Å². The van der Waals surface area contributed by atoms with Crippen molar-refractivity contribution in [1.82, 2.24) is 34.7 Å². The molecule has 4 rings (SSSR count). The van der Waals surface area contributed by atoms with Crippen LogP contribution < -0.4 is 10.2 Å². The Bertz CT molecular complexity index is 1180. The molecule has 35 heavy (non-hydrogen) atoms. The fraction of sp³-hybridized carbons (Fsp3) is 0.476. The van der Waals surface area contributed by atoms with E-state index >= 15 is 0 Å². The molecule has 1 aliphatic heterocycles. The van der Waals surface area contributed by atoms with Gasteiger partial charge in [0.05, 0.1) is 19.0 Å². The summed E-state index contributed by atoms with van der Waals surface area (Å²) >= 11 is 0. The van der Waals surface area contributed by atoms with E-state index in [0.717, 1.165) is 10.9 Å². The highest BCUT2D eigenvalue weighted by molar-refractivity contribution is 5.92. The molecule has 3 N–H and O–H groups in total. The van der Waals surface area contributed by atoms with E-state index in [0.29, 0.717) is 18.9 Å². The second-order valence-corrected chi connectivity index (χ2v) is 8.53. The Morgan fingerprint density at radius 2 is 2.09 bits per heavy atom. The summed E-state index contributed by atoms with van der Waals surface area (Å²) in [7, 11) is 1.72. The van der Waals surface area contributed by atoms with E-state index in [1.807, 2.05) is 4.90 Å². The van der Waals surface area contributed by atoms with Gasteiger partial charge in [0.25, 0.3) is 5.91 Å². The van der Waals surface area contributed by atoms with Crippen LogP contribution in [0.2, 0.25) is 0 Å². The van der Waals surface area contributed by atoms with Gasteiger partial charge in [-0.15, -0.1) is 0 Å². The minimum atomic E-state index is -4.41. The molecule has 4 heterocycles. The summed E-state index contributed by atoms with van der Waals surface area (Å²) < 4.78 is 39.3. The third-order valence-electron chi connectivity index (χ3n) is 5.85. The molecule has 3 aromatic heterocycles. The SMILES string of the molecule is CN(CCN1C[C@@H](O)[C@](O)(CNC(=O)c2ccccn2)C1)c1ncnc2c1ncn2CC(F)(F)F. The van der Waals surface area contributed by atoms with Crippen LogP contribution in [0.1, 0.15) is 10.5 Å². The van der Waals surface area contributed by atoms with Crippen LogP contribution in [0.3, 0.4) is 0 Å². The van der Waals surface area contributed by atoms with Crippen molar-refractivity contribution >= 4 is 22.9 Å². The van der Waals surface area contributed by atoms with Crippen LogP contribution in [0.5, 0.6) is 0 Å². The van der Waals surface area contributed by atoms with Gasteiger partial charge in [-0.05, 0) is 12.1 Å². The Morgan fingerprint density at radius 3 is 2.80 bits per heavy atom. The number of aliphatic hydroxyl groups excluding tert-OH is 1. The number of likely N-dealkylation sites (tertiary alicyclic amines) is 1. The molecule has 0 radical (unpaired) electrons. The lowest BCUT2D eigenvalue weighted by atomic mass is 10.0. The van der Waals surface area contributed by atoms with Gasteiger partial charge < -0.3 is 25.0 Å². The van der Waals surface area contributed by atoms with Crippen LogP contribution >= 0.6 is 0 Å². The molecule has 1 saturated heterocycles. The van der Waals surface area contributed by atoms with Crippen LogP contribution in [-0.4, -0.2) is 103 Å². The molecule has 11 nitrogen and oxygen atoms in total. The summed E-state index contributed by atoms with van der Waals surface area (Å²) in [4.78, 5) is 31.9. The minimum absolute atomic E-state index is 0.0776. The molecule has 0 saturated carbocycles. The second-order valence-electron chi connectivity index (χ2n) is 8.53. The van der Waals surface area contributed by atoms with Crippen LogP contribution in [0.4, 0.5) is 19.0 Å². The van der Waals surface area contributed by atoms with E-state index < -0.39 is 30.3 Å². The number of carbonyl (C=O) groups is 1. The van der Waals surface area contributed by atoms with Crippen molar-refractivity contribution in [2.24, 2.45) is 0 Å². The van der Waals surface area contributed by atoms with E-state index in [4.69, 9.17) is 0 Å². The van der Waals surface area contributed by atoms with Gasteiger partial charge in [0.15, 0.2) is 17.0 Å². The second kappa shape index (κ2) is 9.71. The summed E-state index contributed by atoms with van der Waals surface area (Å²) in [5, 5.41) is 23.9. The third-order valence-corrected chi connectivity index (χ3v) is 5.85. The van der Waals surface area contributed by atoms with Crippen molar-refractivity contribution in [3.05, 3.63) is 42.7 Å². The van der Waals surface area contributed by atoms with E-state index in [2.05, 4.69) is 25.3 Å². The largest absolute Gasteiger partial charge is 0.406 e. The van der Waals surface area contributed by atoms with Crippen molar-refractivity contribution in [1.29, 1.82) is 0 Å². The molecule has 1 fully saturated rings. The average molecular weight is 494 g/mol. The molecule has 0 aliphatic carbocycles. The maximum Gasteiger partial charge on any atom is 0.406 e. The lowest BCUT2D eigenvalue weighted by Gasteiger charge is -2.26. The monoisotopic (exact) mass is 494 g/mol. The Kier molecular flexibility index (Phi) is 6.87. The summed E-state index contributed by atoms with van der Waals surface area (Å²) in [6, 6.07) is 4.90. The minimum Gasteiger partial charge on any atom is -0.389 e. The number of amides is 1. The maximum atomic E-state index is 12.8. The average Bonchev–Trinajstić information content (AvgIpc) is 3.35. The van der Waals surface area contributed by atoms with Gasteiger partial charge in [-0.2, -0.15) is 13.2 Å². The number of aliphatic hydroxyl groups is 2. The lowest BCUT2D eigenvalue weighted by molar-refractivity contribution is -0.140. The van der Waals surface area contributed by atoms with Crippen molar-refractivity contribution in [3.8, 4) is 0 Å². The zero-order valence-electron chi connectivity index (χ0n) is 18.9. The normalized spacial score (nSPS) is 20.9. The topological polar surface area (TPSA) is 133 Å². The Balaban J connectivity index is 1.35. The fourth-order valence-electron chi connectivity index (χ4n) is 3.99. The molecule has 0 aromatic carbocycles. The number of imidazole rings is 1. The molecular formula is C21H25F3N8O3. The number of rotatable bonds is 8. The van der Waals surface area contributed by atoms with E-state index in [-0.39, 0.29) is 36.5 Å². The zero-order chi connectivity index (χ0) is 25.2. The number of fused-ring (bicyclic) bond motifs is 1. The van der Waals surface area contributed by atoms with E-state index in [1.54, 1.807) is 30.1 Å². The molecule has 14 heteroatoms. The first-order chi connectivity index (χ1) is 16.6. The molecule has 0 spiro atoms. The molecule has 0 unspecified atom stereocenters. The van der Waals surface area contributed by atoms with E-state index in [1.165, 1.54) is 12.5 Å². The number of nitrogens with one attached hydrogen (secondary N) is 1. The quantitative estimate of drug-likeness (QED) is 0.398. The van der Waals surface area contributed by atoms with Crippen molar-refractivity contribution in [3.63, 3.8) is 0 Å². The van der Waals surface area contributed by atoms with Gasteiger partial charge >= 0.3 is 6.18 Å². The van der Waals surface area contributed by atoms with Crippen LogP contribution in [0.25, 0.3) is 11.2 Å². The van der Waals surface area contributed by atoms with Gasteiger partial charge in [0.1, 0.15) is 24.2 Å². The molecule has 1 aliphatic rings. The van der Waals surface area contributed by atoms with Gasteiger partial charge in [0.2, 0.25) is 0 Å². The summed E-state index contributed by atoms with van der Waals surface area (Å²) in [5.74, 6) is -0.0873. The Morgan fingerprint density at radius 1 is 1.29 bits per heavy atom. The fourth-order valence-corrected chi connectivity index (χ4v) is 3.99. The first-order valence-corrected chi connectivity index (χ1v) is 10.8. The first-order valence-electron chi connectivity index (χ1n) is 10.8. The highest BCUT2D eigenvalue weighted by atomic mass is 19.4. The predicted octanol–water partition coefficient (Wildman–Crippen LogP) is 0.0574. The number of β-amino-alcohol motifs (C(OH)–C–C–N with tert-alkyl or cyclic N) is 2. The van der Waals surface area contributed by atoms with Crippen molar-refractivity contribution < 1.29 is 28.2 Å². The molecule has 2 atom stereocenters. The number of pyridine rings is 1. The summed E-state index contributed by atoms with van der Waals surface area (Å²) in [6.45, 7) is -0.253. The number of halogens is 3. The molecule has 1 amide bonds. The van der Waals surface area contributed by atoms with Crippen molar-refractivity contribution in [2.75, 3.05) is 44.7 Å². The lowest BCUT2D eigenvalue weighted by Crippen LogP contribution is -2.51. The highest BCUT2D eigenvalue weighted by Crippen LogP contribution is 2.25. The predicted molar refractivity (Wildman–Crippen MR) is 119 cm³/mol. The van der Waals surface area contributed by atoms with Gasteiger partial charge in [0, 0.05) is 39.4 Å². The number of nitrogens with zero attached hydrogens (tertiary/aromatic N) is 7. The summed E-state index contributed by atoms with van der Waals surface area (Å²) in [6.07, 6.45) is -1.74. The standard InChI is InChI=1S/C21H25F3N8O3/c1-30(17-16-18(28-12-27-17)32(13-29-16)11-21(22,23)24)6-7-31-8-15(33)20(35,10-31)9-26-19(34)14-4-2-3-5-25-14/h2-5,12-13,15,33,35H,6-11H2,1H3,(H,26,34)/t15-,20+/m1/s1. The van der Waals surface area contributed by atoms with Crippen LogP contribution in [-0.2, 0) is 6.54 Å². The number of hydrogen-bond donors (Lipinski definition) is 3.